The van der Waals surface area contributed by atoms with Crippen molar-refractivity contribution in [3.63, 3.8) is 0 Å². The lowest BCUT2D eigenvalue weighted by Gasteiger charge is -2.19. The molecule has 0 aromatic heterocycles. The Morgan fingerprint density at radius 1 is 1.05 bits per heavy atom. The second-order valence-electron chi connectivity index (χ2n) is 5.10. The molecule has 4 nitrogen and oxygen atoms in total. The van der Waals surface area contributed by atoms with Gasteiger partial charge in [0.05, 0.1) is 0 Å². The first kappa shape index (κ1) is 15.2. The summed E-state index contributed by atoms with van der Waals surface area (Å²) in [7, 11) is 2.08. The van der Waals surface area contributed by atoms with Gasteiger partial charge in [-0.15, -0.1) is 0 Å². The molecule has 4 heteroatoms. The Bertz CT molecular complexity index is 558. The smallest absolute Gasteiger partial charge is 0.123 e. The predicted molar refractivity (Wildman–Crippen MR) is 85.8 cm³/mol. The summed E-state index contributed by atoms with van der Waals surface area (Å²) < 4.78 is 0. The number of para-hydroxylation sites is 1. The van der Waals surface area contributed by atoms with Gasteiger partial charge in [-0.05, 0) is 31.2 Å². The molecule has 0 aliphatic rings. The van der Waals surface area contributed by atoms with Crippen molar-refractivity contribution in [2.75, 3.05) is 25.0 Å². The van der Waals surface area contributed by atoms with Crippen molar-refractivity contribution >= 4 is 5.69 Å². The number of anilines is 1. The number of hydrogen-bond donors (Lipinski definition) is 3. The van der Waals surface area contributed by atoms with Crippen LogP contribution in [0.1, 0.15) is 12.0 Å². The third-order valence-corrected chi connectivity index (χ3v) is 3.43. The van der Waals surface area contributed by atoms with Crippen LogP contribution in [-0.2, 0) is 6.54 Å². The summed E-state index contributed by atoms with van der Waals surface area (Å²) >= 11 is 0. The van der Waals surface area contributed by atoms with Crippen LogP contribution in [0.25, 0.3) is 0 Å². The summed E-state index contributed by atoms with van der Waals surface area (Å²) in [6.45, 7) is 2.44. The van der Waals surface area contributed by atoms with Crippen LogP contribution in [0.15, 0.2) is 48.5 Å². The fraction of sp³-hybridized carbons (Fsp3) is 0.294. The Kier molecular flexibility index (Phi) is 5.46. The topological polar surface area (TPSA) is 55.7 Å². The van der Waals surface area contributed by atoms with Gasteiger partial charge in [0.25, 0.3) is 0 Å². The van der Waals surface area contributed by atoms with Gasteiger partial charge in [0.2, 0.25) is 0 Å². The monoisotopic (exact) mass is 286 g/mol. The largest absolute Gasteiger partial charge is 0.508 e. The van der Waals surface area contributed by atoms with Crippen LogP contribution in [0.3, 0.4) is 0 Å². The standard InChI is InChI=1S/C17H22N2O2/c1-19(15-6-3-2-4-7-15)11-5-10-18-13-14-8-9-16(20)12-17(14)21/h2-4,6-9,12,18,20-21H,5,10-11,13H2,1H3. The van der Waals surface area contributed by atoms with Crippen molar-refractivity contribution in [1.29, 1.82) is 0 Å². The van der Waals surface area contributed by atoms with Gasteiger partial charge in [0.15, 0.2) is 0 Å². The highest BCUT2D eigenvalue weighted by molar-refractivity contribution is 5.44. The Balaban J connectivity index is 1.68. The molecular weight excluding hydrogens is 264 g/mol. The Morgan fingerprint density at radius 2 is 1.81 bits per heavy atom. The van der Waals surface area contributed by atoms with E-state index in [1.807, 2.05) is 18.2 Å². The molecule has 21 heavy (non-hydrogen) atoms. The third kappa shape index (κ3) is 4.68. The van der Waals surface area contributed by atoms with Crippen molar-refractivity contribution in [2.45, 2.75) is 13.0 Å². The maximum atomic E-state index is 9.68. The van der Waals surface area contributed by atoms with Crippen LogP contribution in [0, 0.1) is 0 Å². The number of nitrogens with zero attached hydrogens (tertiary/aromatic N) is 1. The number of rotatable bonds is 7. The minimum atomic E-state index is 0.0840. The zero-order valence-corrected chi connectivity index (χ0v) is 12.3. The summed E-state index contributed by atoms with van der Waals surface area (Å²) in [5, 5.41) is 22.2. The molecule has 0 aliphatic heterocycles. The van der Waals surface area contributed by atoms with Crippen LogP contribution < -0.4 is 10.2 Å². The number of hydrogen-bond acceptors (Lipinski definition) is 4. The highest BCUT2D eigenvalue weighted by Gasteiger charge is 2.02. The zero-order valence-electron chi connectivity index (χ0n) is 12.3. The lowest BCUT2D eigenvalue weighted by Crippen LogP contribution is -2.23. The molecular formula is C17H22N2O2. The minimum Gasteiger partial charge on any atom is -0.508 e. The highest BCUT2D eigenvalue weighted by Crippen LogP contribution is 2.22. The first-order valence-corrected chi connectivity index (χ1v) is 7.14. The molecule has 0 amide bonds. The Morgan fingerprint density at radius 3 is 2.52 bits per heavy atom. The van der Waals surface area contributed by atoms with Gasteiger partial charge in [0, 0.05) is 37.5 Å². The van der Waals surface area contributed by atoms with Gasteiger partial charge < -0.3 is 20.4 Å². The first-order chi connectivity index (χ1) is 10.2. The number of phenolic OH excluding ortho intramolecular Hbond substituents is 2. The Hall–Kier alpha value is -2.20. The molecule has 0 spiro atoms. The van der Waals surface area contributed by atoms with Gasteiger partial charge in [0.1, 0.15) is 11.5 Å². The van der Waals surface area contributed by atoms with Crippen molar-refractivity contribution in [2.24, 2.45) is 0 Å². The van der Waals surface area contributed by atoms with Crippen molar-refractivity contribution in [1.82, 2.24) is 5.32 Å². The van der Waals surface area contributed by atoms with Gasteiger partial charge in [-0.25, -0.2) is 0 Å². The third-order valence-electron chi connectivity index (χ3n) is 3.43. The molecule has 0 fully saturated rings. The average Bonchev–Trinajstić information content (AvgIpc) is 2.49. The van der Waals surface area contributed by atoms with E-state index >= 15 is 0 Å². The van der Waals surface area contributed by atoms with E-state index in [1.54, 1.807) is 12.1 Å². The highest BCUT2D eigenvalue weighted by atomic mass is 16.3. The number of nitrogens with one attached hydrogen (secondary N) is 1. The molecule has 0 radical (unpaired) electrons. The molecule has 3 N–H and O–H groups in total. The number of phenols is 2. The normalized spacial score (nSPS) is 10.5. The molecule has 2 aromatic carbocycles. The van der Waals surface area contributed by atoms with Crippen LogP contribution in [0.4, 0.5) is 5.69 Å². The van der Waals surface area contributed by atoms with Gasteiger partial charge in [-0.3, -0.25) is 0 Å². The molecule has 112 valence electrons. The average molecular weight is 286 g/mol. The van der Waals surface area contributed by atoms with E-state index < -0.39 is 0 Å². The van der Waals surface area contributed by atoms with Gasteiger partial charge >= 0.3 is 0 Å². The van der Waals surface area contributed by atoms with Crippen LogP contribution >= 0.6 is 0 Å². The van der Waals surface area contributed by atoms with Crippen molar-refractivity contribution in [3.8, 4) is 11.5 Å². The van der Waals surface area contributed by atoms with E-state index in [2.05, 4.69) is 29.4 Å². The molecule has 0 atom stereocenters. The summed E-state index contributed by atoms with van der Waals surface area (Å²) in [5.74, 6) is 0.213. The van der Waals surface area contributed by atoms with Crippen molar-refractivity contribution < 1.29 is 10.2 Å². The van der Waals surface area contributed by atoms with Crippen LogP contribution in [0.2, 0.25) is 0 Å². The maximum Gasteiger partial charge on any atom is 0.123 e. The lowest BCUT2D eigenvalue weighted by atomic mass is 10.2. The van der Waals surface area contributed by atoms with E-state index in [-0.39, 0.29) is 11.5 Å². The number of aromatic hydroxyl groups is 2. The van der Waals surface area contributed by atoms with E-state index in [4.69, 9.17) is 0 Å². The fourth-order valence-electron chi connectivity index (χ4n) is 2.18. The molecule has 0 saturated heterocycles. The minimum absolute atomic E-state index is 0.0840. The second-order valence-corrected chi connectivity index (χ2v) is 5.10. The van der Waals surface area contributed by atoms with E-state index in [9.17, 15) is 10.2 Å². The molecule has 2 aromatic rings. The SMILES string of the molecule is CN(CCCNCc1ccc(O)cc1O)c1ccccc1. The molecule has 0 unspecified atom stereocenters. The quantitative estimate of drug-likeness (QED) is 0.685. The lowest BCUT2D eigenvalue weighted by molar-refractivity contribution is 0.443. The van der Waals surface area contributed by atoms with Crippen molar-refractivity contribution in [3.05, 3.63) is 54.1 Å². The Labute approximate surface area is 125 Å². The summed E-state index contributed by atoms with van der Waals surface area (Å²) in [6.07, 6.45) is 1.02. The first-order valence-electron chi connectivity index (χ1n) is 7.14. The van der Waals surface area contributed by atoms with E-state index in [0.717, 1.165) is 25.1 Å². The molecule has 0 heterocycles. The van der Waals surface area contributed by atoms with Crippen LogP contribution in [0.5, 0.6) is 11.5 Å². The van der Waals surface area contributed by atoms with Gasteiger partial charge in [-0.1, -0.05) is 24.3 Å². The maximum absolute atomic E-state index is 9.68. The fourth-order valence-corrected chi connectivity index (χ4v) is 2.18. The number of benzene rings is 2. The molecule has 2 rings (SSSR count). The summed E-state index contributed by atoms with van der Waals surface area (Å²) in [6, 6.07) is 15.0. The predicted octanol–water partition coefficient (Wildman–Crippen LogP) is 2.71. The molecule has 0 bridgehead atoms. The summed E-state index contributed by atoms with van der Waals surface area (Å²) in [4.78, 5) is 2.22. The zero-order chi connectivity index (χ0) is 15.1. The van der Waals surface area contributed by atoms with Crippen LogP contribution in [-0.4, -0.2) is 30.4 Å². The molecule has 0 aliphatic carbocycles. The second kappa shape index (κ2) is 7.55. The summed E-state index contributed by atoms with van der Waals surface area (Å²) in [5.41, 5.74) is 2.01. The van der Waals surface area contributed by atoms with E-state index in [1.165, 1.54) is 11.8 Å². The molecule has 0 saturated carbocycles. The van der Waals surface area contributed by atoms with Gasteiger partial charge in [-0.2, -0.15) is 0 Å². The van der Waals surface area contributed by atoms with E-state index in [0.29, 0.717) is 6.54 Å².